The van der Waals surface area contributed by atoms with Crippen molar-refractivity contribution < 1.29 is 0 Å². The molecule has 0 unspecified atom stereocenters. The lowest BCUT2D eigenvalue weighted by molar-refractivity contribution is 0.554. The fraction of sp³-hybridized carbons (Fsp3) is 0.400. The molecule has 96 valence electrons. The fourth-order valence-electron chi connectivity index (χ4n) is 1.92. The van der Waals surface area contributed by atoms with Gasteiger partial charge in [0.05, 0.1) is 6.54 Å². The minimum Gasteiger partial charge on any atom is -0.329 e. The molecule has 0 spiro atoms. The van der Waals surface area contributed by atoms with Crippen LogP contribution in [0.5, 0.6) is 0 Å². The molecule has 0 aliphatic heterocycles. The van der Waals surface area contributed by atoms with Crippen LogP contribution in [-0.2, 0) is 13.1 Å². The summed E-state index contributed by atoms with van der Waals surface area (Å²) in [5, 5.41) is 3.41. The molecule has 0 aliphatic rings. The summed E-state index contributed by atoms with van der Waals surface area (Å²) in [4.78, 5) is 4.41. The van der Waals surface area contributed by atoms with Gasteiger partial charge in [0.25, 0.3) is 0 Å². The maximum Gasteiger partial charge on any atom is 0.122 e. The van der Waals surface area contributed by atoms with Gasteiger partial charge in [0, 0.05) is 25.0 Å². The Morgan fingerprint density at radius 1 is 1.28 bits per heavy atom. The molecule has 0 radical (unpaired) electrons. The summed E-state index contributed by atoms with van der Waals surface area (Å²) >= 11 is 0. The van der Waals surface area contributed by atoms with E-state index in [1.807, 2.05) is 12.4 Å². The normalized spacial score (nSPS) is 11.1. The Morgan fingerprint density at radius 3 is 2.78 bits per heavy atom. The van der Waals surface area contributed by atoms with E-state index >= 15 is 0 Å². The number of rotatable bonds is 5. The lowest BCUT2D eigenvalue weighted by Crippen LogP contribution is -2.24. The van der Waals surface area contributed by atoms with E-state index in [1.165, 1.54) is 11.1 Å². The molecule has 0 atom stereocenters. The van der Waals surface area contributed by atoms with Crippen LogP contribution < -0.4 is 5.32 Å². The number of aromatic nitrogens is 2. The van der Waals surface area contributed by atoms with Crippen LogP contribution in [-0.4, -0.2) is 15.6 Å². The van der Waals surface area contributed by atoms with Gasteiger partial charge < -0.3 is 9.88 Å². The van der Waals surface area contributed by atoms with Gasteiger partial charge >= 0.3 is 0 Å². The number of aryl methyl sites for hydroxylation is 1. The summed E-state index contributed by atoms with van der Waals surface area (Å²) in [5.41, 5.74) is 2.68. The van der Waals surface area contributed by atoms with Crippen LogP contribution in [0.25, 0.3) is 0 Å². The highest BCUT2D eigenvalue weighted by atomic mass is 15.1. The quantitative estimate of drug-likeness (QED) is 0.875. The number of benzene rings is 1. The van der Waals surface area contributed by atoms with E-state index in [2.05, 4.69) is 59.9 Å². The minimum atomic E-state index is 0.480. The summed E-state index contributed by atoms with van der Waals surface area (Å²) in [6.45, 7) is 8.15. The molecule has 18 heavy (non-hydrogen) atoms. The highest BCUT2D eigenvalue weighted by Gasteiger charge is 2.05. The highest BCUT2D eigenvalue weighted by Crippen LogP contribution is 2.10. The van der Waals surface area contributed by atoms with E-state index in [9.17, 15) is 0 Å². The van der Waals surface area contributed by atoms with Crippen LogP contribution in [0.3, 0.4) is 0 Å². The molecule has 2 rings (SSSR count). The van der Waals surface area contributed by atoms with Crippen molar-refractivity contribution >= 4 is 0 Å². The summed E-state index contributed by atoms with van der Waals surface area (Å²) < 4.78 is 2.21. The minimum absolute atomic E-state index is 0.480. The largest absolute Gasteiger partial charge is 0.329 e. The third-order valence-corrected chi connectivity index (χ3v) is 3.07. The van der Waals surface area contributed by atoms with Crippen LogP contribution in [0, 0.1) is 6.92 Å². The molecule has 3 heteroatoms. The number of hydrogen-bond donors (Lipinski definition) is 1. The topological polar surface area (TPSA) is 29.9 Å². The van der Waals surface area contributed by atoms with Crippen molar-refractivity contribution in [1.29, 1.82) is 0 Å². The molecular formula is C15H21N3. The van der Waals surface area contributed by atoms with Gasteiger partial charge in [-0.1, -0.05) is 38.1 Å². The van der Waals surface area contributed by atoms with E-state index in [0.29, 0.717) is 6.04 Å². The Labute approximate surface area is 109 Å². The molecule has 0 amide bonds. The second kappa shape index (κ2) is 5.83. The molecule has 0 fully saturated rings. The Morgan fingerprint density at radius 2 is 2.06 bits per heavy atom. The summed E-state index contributed by atoms with van der Waals surface area (Å²) in [6.07, 6.45) is 3.92. The zero-order valence-corrected chi connectivity index (χ0v) is 11.4. The molecule has 3 nitrogen and oxygen atoms in total. The van der Waals surface area contributed by atoms with E-state index in [1.54, 1.807) is 0 Å². The van der Waals surface area contributed by atoms with Crippen LogP contribution >= 0.6 is 0 Å². The average Bonchev–Trinajstić information content (AvgIpc) is 2.77. The van der Waals surface area contributed by atoms with E-state index in [-0.39, 0.29) is 0 Å². The first-order valence-electron chi connectivity index (χ1n) is 6.44. The van der Waals surface area contributed by atoms with Gasteiger partial charge in [-0.05, 0) is 18.1 Å². The van der Waals surface area contributed by atoms with Crippen molar-refractivity contribution in [2.45, 2.75) is 39.9 Å². The Hall–Kier alpha value is -1.61. The average molecular weight is 243 g/mol. The van der Waals surface area contributed by atoms with Crippen molar-refractivity contribution in [3.05, 3.63) is 53.6 Å². The van der Waals surface area contributed by atoms with Gasteiger partial charge in [-0.3, -0.25) is 0 Å². The van der Waals surface area contributed by atoms with Crippen molar-refractivity contribution in [2.24, 2.45) is 0 Å². The zero-order valence-electron chi connectivity index (χ0n) is 11.4. The molecule has 0 saturated carbocycles. The molecule has 1 heterocycles. The highest BCUT2D eigenvalue weighted by molar-refractivity contribution is 5.26. The van der Waals surface area contributed by atoms with Crippen molar-refractivity contribution in [1.82, 2.24) is 14.9 Å². The van der Waals surface area contributed by atoms with Gasteiger partial charge in [-0.15, -0.1) is 0 Å². The maximum absolute atomic E-state index is 4.41. The van der Waals surface area contributed by atoms with Crippen molar-refractivity contribution in [3.63, 3.8) is 0 Å². The predicted octanol–water partition coefficient (Wildman–Crippen LogP) is 2.74. The maximum atomic E-state index is 4.41. The van der Waals surface area contributed by atoms with E-state index in [4.69, 9.17) is 0 Å². The number of nitrogens with zero attached hydrogens (tertiary/aromatic N) is 2. The third kappa shape index (κ3) is 3.20. The number of nitrogens with one attached hydrogen (secondary N) is 1. The second-order valence-corrected chi connectivity index (χ2v) is 4.93. The van der Waals surface area contributed by atoms with Crippen LogP contribution in [0.15, 0.2) is 36.7 Å². The molecule has 0 saturated heterocycles. The first kappa shape index (κ1) is 12.8. The molecule has 1 aromatic heterocycles. The molecule has 2 aromatic rings. The first-order valence-corrected chi connectivity index (χ1v) is 6.44. The van der Waals surface area contributed by atoms with Crippen molar-refractivity contribution in [3.8, 4) is 0 Å². The van der Waals surface area contributed by atoms with Crippen LogP contribution in [0.1, 0.15) is 30.8 Å². The second-order valence-electron chi connectivity index (χ2n) is 4.93. The standard InChI is InChI=1S/C15H21N3/c1-12(2)17-10-15-16-8-9-18(15)11-14-7-5-4-6-13(14)3/h4-9,12,17H,10-11H2,1-3H3. The summed E-state index contributed by atoms with van der Waals surface area (Å²) in [7, 11) is 0. The number of hydrogen-bond acceptors (Lipinski definition) is 2. The summed E-state index contributed by atoms with van der Waals surface area (Å²) in [6, 6.07) is 8.97. The SMILES string of the molecule is Cc1ccccc1Cn1ccnc1CNC(C)C. The zero-order chi connectivity index (χ0) is 13.0. The molecule has 0 bridgehead atoms. The van der Waals surface area contributed by atoms with Gasteiger partial charge in [0.1, 0.15) is 5.82 Å². The third-order valence-electron chi connectivity index (χ3n) is 3.07. The lowest BCUT2D eigenvalue weighted by Gasteiger charge is -2.12. The van der Waals surface area contributed by atoms with E-state index in [0.717, 1.165) is 18.9 Å². The Bertz CT molecular complexity index is 500. The van der Waals surface area contributed by atoms with Gasteiger partial charge in [0.2, 0.25) is 0 Å². The van der Waals surface area contributed by atoms with Gasteiger partial charge in [-0.25, -0.2) is 4.98 Å². The first-order chi connectivity index (χ1) is 8.66. The number of imidazole rings is 1. The molecule has 1 aromatic carbocycles. The predicted molar refractivity (Wildman–Crippen MR) is 74.5 cm³/mol. The molecular weight excluding hydrogens is 222 g/mol. The fourth-order valence-corrected chi connectivity index (χ4v) is 1.92. The molecule has 0 aliphatic carbocycles. The monoisotopic (exact) mass is 243 g/mol. The van der Waals surface area contributed by atoms with Crippen LogP contribution in [0.2, 0.25) is 0 Å². The Kier molecular flexibility index (Phi) is 4.15. The van der Waals surface area contributed by atoms with Gasteiger partial charge in [0.15, 0.2) is 0 Å². The summed E-state index contributed by atoms with van der Waals surface area (Å²) in [5.74, 6) is 1.09. The van der Waals surface area contributed by atoms with Crippen molar-refractivity contribution in [2.75, 3.05) is 0 Å². The lowest BCUT2D eigenvalue weighted by atomic mass is 10.1. The van der Waals surface area contributed by atoms with Crippen LogP contribution in [0.4, 0.5) is 0 Å². The molecule has 1 N–H and O–H groups in total. The Balaban J connectivity index is 2.10. The van der Waals surface area contributed by atoms with Gasteiger partial charge in [-0.2, -0.15) is 0 Å². The smallest absolute Gasteiger partial charge is 0.122 e. The van der Waals surface area contributed by atoms with E-state index < -0.39 is 0 Å².